The van der Waals surface area contributed by atoms with E-state index in [-0.39, 0.29) is 24.0 Å². The predicted octanol–water partition coefficient (Wildman–Crippen LogP) is 3.77. The van der Waals surface area contributed by atoms with Crippen molar-refractivity contribution < 1.29 is 19.8 Å². The number of carbonyl (C=O) groups is 2. The molecule has 2 aromatic carbocycles. The van der Waals surface area contributed by atoms with Crippen LogP contribution in [0.4, 0.5) is 0 Å². The summed E-state index contributed by atoms with van der Waals surface area (Å²) in [6.07, 6.45) is 0.259. The minimum absolute atomic E-state index is 0.158. The van der Waals surface area contributed by atoms with E-state index in [2.05, 4.69) is 5.32 Å². The van der Waals surface area contributed by atoms with Crippen LogP contribution in [0.15, 0.2) is 53.4 Å². The number of amides is 1. The van der Waals surface area contributed by atoms with Crippen LogP contribution in [0.3, 0.4) is 0 Å². The fraction of sp³-hybridized carbons (Fsp3) is 0.300. The van der Waals surface area contributed by atoms with Gasteiger partial charge in [-0.25, -0.2) is 4.79 Å². The van der Waals surface area contributed by atoms with E-state index in [1.807, 2.05) is 30.3 Å². The van der Waals surface area contributed by atoms with Crippen LogP contribution in [0, 0.1) is 5.92 Å². The fourth-order valence-corrected chi connectivity index (χ4v) is 3.30. The molecular weight excluding hydrogens is 350 g/mol. The molecule has 0 aliphatic rings. The standard InChI is InChI=1S/C20H23NO4S/c1-13(2)19(20(24)25)21-18(23)10-11-26-17-8-6-14(7-9-17)15-4-3-5-16(22)12-15/h3-9,12-13,19,22H,10-11H2,1-2H3,(H,21,23)(H,24,25)/t19-/m0/s1. The summed E-state index contributed by atoms with van der Waals surface area (Å²) in [6, 6.07) is 14.1. The number of carboxylic acid groups (broad SMARTS) is 1. The first-order valence-corrected chi connectivity index (χ1v) is 9.40. The highest BCUT2D eigenvalue weighted by molar-refractivity contribution is 7.99. The molecule has 2 rings (SSSR count). The summed E-state index contributed by atoms with van der Waals surface area (Å²) in [4.78, 5) is 24.0. The van der Waals surface area contributed by atoms with Crippen LogP contribution in [0.2, 0.25) is 0 Å². The number of hydrogen-bond donors (Lipinski definition) is 3. The van der Waals surface area contributed by atoms with Crippen LogP contribution in [-0.2, 0) is 9.59 Å². The monoisotopic (exact) mass is 373 g/mol. The van der Waals surface area contributed by atoms with Crippen LogP contribution < -0.4 is 5.32 Å². The first-order chi connectivity index (χ1) is 12.4. The number of aromatic hydroxyl groups is 1. The lowest BCUT2D eigenvalue weighted by atomic mass is 10.0. The number of phenols is 1. The molecule has 1 atom stereocenters. The Morgan fingerprint density at radius 3 is 2.35 bits per heavy atom. The SMILES string of the molecule is CC(C)[C@H](NC(=O)CCSc1ccc(-c2cccc(O)c2)cc1)C(=O)O. The second-order valence-electron chi connectivity index (χ2n) is 6.30. The molecule has 0 radical (unpaired) electrons. The first kappa shape index (κ1) is 19.8. The van der Waals surface area contributed by atoms with Crippen LogP contribution in [0.1, 0.15) is 20.3 Å². The molecule has 0 fully saturated rings. The molecule has 1 amide bonds. The highest BCUT2D eigenvalue weighted by Gasteiger charge is 2.22. The molecule has 0 bridgehead atoms. The Hall–Kier alpha value is -2.47. The van der Waals surface area contributed by atoms with Gasteiger partial charge in [-0.3, -0.25) is 4.79 Å². The van der Waals surface area contributed by atoms with Gasteiger partial charge in [-0.1, -0.05) is 38.1 Å². The average Bonchev–Trinajstić information content (AvgIpc) is 2.60. The van der Waals surface area contributed by atoms with Crippen molar-refractivity contribution in [2.24, 2.45) is 5.92 Å². The number of thioether (sulfide) groups is 1. The van der Waals surface area contributed by atoms with Gasteiger partial charge in [0.25, 0.3) is 0 Å². The van der Waals surface area contributed by atoms with Crippen molar-refractivity contribution in [3.63, 3.8) is 0 Å². The number of aliphatic carboxylic acids is 1. The molecule has 0 aromatic heterocycles. The summed E-state index contributed by atoms with van der Waals surface area (Å²) in [7, 11) is 0. The zero-order chi connectivity index (χ0) is 19.1. The molecular formula is C20H23NO4S. The zero-order valence-corrected chi connectivity index (χ0v) is 15.6. The molecule has 0 saturated heterocycles. The van der Waals surface area contributed by atoms with Gasteiger partial charge in [0.05, 0.1) is 0 Å². The minimum atomic E-state index is -1.01. The van der Waals surface area contributed by atoms with E-state index < -0.39 is 12.0 Å². The van der Waals surface area contributed by atoms with Gasteiger partial charge in [0.1, 0.15) is 11.8 Å². The quantitative estimate of drug-likeness (QED) is 0.613. The maximum absolute atomic E-state index is 11.9. The van der Waals surface area contributed by atoms with Crippen molar-refractivity contribution in [2.75, 3.05) is 5.75 Å². The van der Waals surface area contributed by atoms with Crippen molar-refractivity contribution in [3.05, 3.63) is 48.5 Å². The molecule has 0 saturated carbocycles. The summed E-state index contributed by atoms with van der Waals surface area (Å²) in [6.45, 7) is 3.53. The van der Waals surface area contributed by atoms with Crippen molar-refractivity contribution in [1.82, 2.24) is 5.32 Å². The maximum Gasteiger partial charge on any atom is 0.326 e. The number of carboxylic acids is 1. The van der Waals surface area contributed by atoms with Crippen LogP contribution in [-0.4, -0.2) is 33.9 Å². The molecule has 3 N–H and O–H groups in total. The lowest BCUT2D eigenvalue weighted by Gasteiger charge is -2.17. The lowest BCUT2D eigenvalue weighted by molar-refractivity contribution is -0.143. The summed E-state index contributed by atoms with van der Waals surface area (Å²) in [5.74, 6) is -0.623. The number of carbonyl (C=O) groups excluding carboxylic acids is 1. The van der Waals surface area contributed by atoms with E-state index >= 15 is 0 Å². The van der Waals surface area contributed by atoms with E-state index in [1.54, 1.807) is 43.8 Å². The van der Waals surface area contributed by atoms with Crippen LogP contribution in [0.5, 0.6) is 5.75 Å². The minimum Gasteiger partial charge on any atom is -0.508 e. The molecule has 0 unspecified atom stereocenters. The smallest absolute Gasteiger partial charge is 0.326 e. The van der Waals surface area contributed by atoms with Gasteiger partial charge in [-0.05, 0) is 41.3 Å². The highest BCUT2D eigenvalue weighted by Crippen LogP contribution is 2.26. The van der Waals surface area contributed by atoms with E-state index in [1.165, 1.54) is 0 Å². The number of benzene rings is 2. The van der Waals surface area contributed by atoms with Gasteiger partial charge in [-0.2, -0.15) is 0 Å². The number of nitrogens with one attached hydrogen (secondary N) is 1. The van der Waals surface area contributed by atoms with Gasteiger partial charge in [0.15, 0.2) is 0 Å². The molecule has 6 heteroatoms. The Labute approximate surface area is 157 Å². The largest absolute Gasteiger partial charge is 0.508 e. The average molecular weight is 373 g/mol. The highest BCUT2D eigenvalue weighted by atomic mass is 32.2. The van der Waals surface area contributed by atoms with Gasteiger partial charge in [-0.15, -0.1) is 11.8 Å². The third-order valence-corrected chi connectivity index (χ3v) is 4.89. The Kier molecular flexibility index (Phi) is 7.09. The Morgan fingerprint density at radius 1 is 1.08 bits per heavy atom. The Bertz CT molecular complexity index is 759. The van der Waals surface area contributed by atoms with Crippen molar-refractivity contribution in [2.45, 2.75) is 31.2 Å². The number of rotatable bonds is 8. The molecule has 2 aromatic rings. The topological polar surface area (TPSA) is 86.6 Å². The van der Waals surface area contributed by atoms with Crippen molar-refractivity contribution in [3.8, 4) is 16.9 Å². The second kappa shape index (κ2) is 9.29. The molecule has 5 nitrogen and oxygen atoms in total. The third-order valence-electron chi connectivity index (χ3n) is 3.88. The zero-order valence-electron chi connectivity index (χ0n) is 14.8. The number of phenolic OH excluding ortho intramolecular Hbond substituents is 1. The van der Waals surface area contributed by atoms with E-state index in [9.17, 15) is 14.7 Å². The molecule has 0 spiro atoms. The molecule has 0 aliphatic heterocycles. The second-order valence-corrected chi connectivity index (χ2v) is 7.47. The Balaban J connectivity index is 1.84. The summed E-state index contributed by atoms with van der Waals surface area (Å²) < 4.78 is 0. The molecule has 0 heterocycles. The van der Waals surface area contributed by atoms with Crippen molar-refractivity contribution in [1.29, 1.82) is 0 Å². The Morgan fingerprint density at radius 2 is 1.77 bits per heavy atom. The summed E-state index contributed by atoms with van der Waals surface area (Å²) >= 11 is 1.54. The summed E-state index contributed by atoms with van der Waals surface area (Å²) in [5, 5.41) is 21.2. The third kappa shape index (κ3) is 5.81. The molecule has 26 heavy (non-hydrogen) atoms. The molecule has 0 aliphatic carbocycles. The van der Waals surface area contributed by atoms with Gasteiger partial charge in [0, 0.05) is 17.1 Å². The molecule has 138 valence electrons. The van der Waals surface area contributed by atoms with E-state index in [0.717, 1.165) is 16.0 Å². The van der Waals surface area contributed by atoms with Crippen molar-refractivity contribution >= 4 is 23.6 Å². The maximum atomic E-state index is 11.9. The number of hydrogen-bond acceptors (Lipinski definition) is 4. The predicted molar refractivity (Wildman–Crippen MR) is 103 cm³/mol. The summed E-state index contributed by atoms with van der Waals surface area (Å²) in [5.41, 5.74) is 1.94. The van der Waals surface area contributed by atoms with E-state index in [4.69, 9.17) is 5.11 Å². The van der Waals surface area contributed by atoms with Gasteiger partial charge >= 0.3 is 5.97 Å². The fourth-order valence-electron chi connectivity index (χ4n) is 2.45. The van der Waals surface area contributed by atoms with Gasteiger partial charge in [0.2, 0.25) is 5.91 Å². The van der Waals surface area contributed by atoms with Gasteiger partial charge < -0.3 is 15.5 Å². The first-order valence-electron chi connectivity index (χ1n) is 8.41. The van der Waals surface area contributed by atoms with Crippen LogP contribution in [0.25, 0.3) is 11.1 Å². The normalized spacial score (nSPS) is 12.0. The van der Waals surface area contributed by atoms with Crippen LogP contribution >= 0.6 is 11.8 Å². The lowest BCUT2D eigenvalue weighted by Crippen LogP contribution is -2.44. The van der Waals surface area contributed by atoms with E-state index in [0.29, 0.717) is 5.75 Å².